The summed E-state index contributed by atoms with van der Waals surface area (Å²) in [7, 11) is 0. The van der Waals surface area contributed by atoms with Gasteiger partial charge in [0.05, 0.1) is 12.6 Å². The number of nitrogens with one attached hydrogen (secondary N) is 1. The summed E-state index contributed by atoms with van der Waals surface area (Å²) in [6, 6.07) is 5.10. The number of halogens is 1. The zero-order valence-corrected chi connectivity index (χ0v) is 17.6. The first kappa shape index (κ1) is 21.4. The monoisotopic (exact) mass is 403 g/mol. The number of rotatable bonds is 7. The van der Waals surface area contributed by atoms with E-state index in [2.05, 4.69) is 32.2 Å². The summed E-state index contributed by atoms with van der Waals surface area (Å²) >= 11 is 0. The molecule has 1 aliphatic rings. The summed E-state index contributed by atoms with van der Waals surface area (Å²) in [5.41, 5.74) is 1.19. The highest BCUT2D eigenvalue weighted by Crippen LogP contribution is 2.24. The minimum absolute atomic E-state index is 0.0392. The van der Waals surface area contributed by atoms with Gasteiger partial charge >= 0.3 is 0 Å². The average Bonchev–Trinajstić information content (AvgIpc) is 3.20. The van der Waals surface area contributed by atoms with Gasteiger partial charge in [-0.2, -0.15) is 4.98 Å². The van der Waals surface area contributed by atoms with Crippen LogP contribution in [0.4, 0.5) is 4.39 Å². The van der Waals surface area contributed by atoms with Crippen molar-refractivity contribution in [2.45, 2.75) is 46.2 Å². The highest BCUT2D eigenvalue weighted by atomic mass is 19.1. The lowest BCUT2D eigenvalue weighted by molar-refractivity contribution is -0.123. The van der Waals surface area contributed by atoms with Gasteiger partial charge in [0.2, 0.25) is 17.6 Å². The van der Waals surface area contributed by atoms with Crippen LogP contribution in [0, 0.1) is 12.7 Å². The lowest BCUT2D eigenvalue weighted by atomic mass is 10.1. The van der Waals surface area contributed by atoms with E-state index >= 15 is 0 Å². The molecule has 158 valence electrons. The van der Waals surface area contributed by atoms with Crippen LogP contribution in [0.3, 0.4) is 0 Å². The molecule has 2 unspecified atom stereocenters. The van der Waals surface area contributed by atoms with Crippen LogP contribution in [0.1, 0.15) is 44.7 Å². The normalized spacial score (nSPS) is 17.8. The van der Waals surface area contributed by atoms with Crippen molar-refractivity contribution >= 4 is 5.91 Å². The molecule has 0 spiro atoms. The Hall–Kier alpha value is -2.32. The van der Waals surface area contributed by atoms with Gasteiger partial charge in [-0.25, -0.2) is 4.39 Å². The van der Waals surface area contributed by atoms with Crippen LogP contribution in [0.15, 0.2) is 22.7 Å². The summed E-state index contributed by atoms with van der Waals surface area (Å²) in [5, 5.41) is 7.03. The van der Waals surface area contributed by atoms with Gasteiger partial charge in [-0.05, 0) is 38.8 Å². The van der Waals surface area contributed by atoms with Crippen molar-refractivity contribution in [2.24, 2.45) is 0 Å². The number of hydrogen-bond acceptors (Lipinski definition) is 6. The number of carbonyl (C=O) groups is 1. The topological polar surface area (TPSA) is 74.5 Å². The lowest BCUT2D eigenvalue weighted by Crippen LogP contribution is -2.50. The highest BCUT2D eigenvalue weighted by Gasteiger charge is 2.27. The summed E-state index contributed by atoms with van der Waals surface area (Å²) < 4.78 is 19.3. The van der Waals surface area contributed by atoms with Gasteiger partial charge in [-0.1, -0.05) is 24.2 Å². The van der Waals surface area contributed by atoms with Gasteiger partial charge < -0.3 is 9.84 Å². The molecule has 29 heavy (non-hydrogen) atoms. The molecule has 3 rings (SSSR count). The van der Waals surface area contributed by atoms with E-state index in [-0.39, 0.29) is 23.8 Å². The van der Waals surface area contributed by atoms with Crippen LogP contribution in [0.5, 0.6) is 0 Å². The van der Waals surface area contributed by atoms with Crippen LogP contribution in [-0.2, 0) is 4.79 Å². The fourth-order valence-electron chi connectivity index (χ4n) is 3.34. The van der Waals surface area contributed by atoms with E-state index in [1.54, 1.807) is 19.1 Å². The number of piperazine rings is 1. The van der Waals surface area contributed by atoms with Crippen molar-refractivity contribution in [3.05, 3.63) is 35.5 Å². The second-order valence-corrected chi connectivity index (χ2v) is 7.79. The Balaban J connectivity index is 1.54. The van der Waals surface area contributed by atoms with E-state index < -0.39 is 0 Å². The van der Waals surface area contributed by atoms with Crippen LogP contribution in [-0.4, -0.2) is 64.6 Å². The Kier molecular flexibility index (Phi) is 6.97. The minimum atomic E-state index is -0.282. The first-order valence-electron chi connectivity index (χ1n) is 10.2. The van der Waals surface area contributed by atoms with Crippen molar-refractivity contribution in [1.29, 1.82) is 0 Å². The highest BCUT2D eigenvalue weighted by molar-refractivity contribution is 5.78. The van der Waals surface area contributed by atoms with Crippen LogP contribution >= 0.6 is 0 Å². The van der Waals surface area contributed by atoms with Crippen LogP contribution < -0.4 is 5.32 Å². The maximum Gasteiger partial charge on any atom is 0.244 e. The Morgan fingerprint density at radius 2 is 2.00 bits per heavy atom. The summed E-state index contributed by atoms with van der Waals surface area (Å²) in [5.74, 6) is 0.707. The molecule has 2 heterocycles. The van der Waals surface area contributed by atoms with Crippen molar-refractivity contribution in [2.75, 3.05) is 32.7 Å². The standard InChI is InChI=1S/C21H30FN5O2/c1-5-15(3)23-19(28)13-26-8-10-27(11-9-26)16(4)21-24-20(25-29-21)17-7-6-14(2)18(22)12-17/h6-7,12,15-16H,5,8-11,13H2,1-4H3,(H,23,28). The Labute approximate surface area is 171 Å². The second-order valence-electron chi connectivity index (χ2n) is 7.79. The van der Waals surface area contributed by atoms with Gasteiger partial charge in [0, 0.05) is 37.8 Å². The SMILES string of the molecule is CCC(C)NC(=O)CN1CCN(C(C)c2nc(-c3ccc(C)c(F)c3)no2)CC1. The molecule has 0 radical (unpaired) electrons. The number of carbonyl (C=O) groups excluding carboxylic acids is 1. The molecule has 1 amide bonds. The summed E-state index contributed by atoms with van der Waals surface area (Å²) in [6.45, 7) is 11.5. The first-order valence-corrected chi connectivity index (χ1v) is 10.2. The third-order valence-electron chi connectivity index (χ3n) is 5.57. The van der Waals surface area contributed by atoms with Crippen molar-refractivity contribution in [3.8, 4) is 11.4 Å². The van der Waals surface area contributed by atoms with Gasteiger partial charge in [-0.15, -0.1) is 0 Å². The molecule has 1 fully saturated rings. The molecule has 1 aromatic carbocycles. The molecule has 1 aliphatic heterocycles. The lowest BCUT2D eigenvalue weighted by Gasteiger charge is -2.36. The van der Waals surface area contributed by atoms with E-state index in [0.29, 0.717) is 29.4 Å². The molecular weight excluding hydrogens is 373 g/mol. The maximum absolute atomic E-state index is 13.8. The van der Waals surface area contributed by atoms with Gasteiger partial charge in [0.15, 0.2) is 0 Å². The molecule has 0 saturated carbocycles. The Bertz CT molecular complexity index is 832. The molecule has 2 atom stereocenters. The summed E-state index contributed by atoms with van der Waals surface area (Å²) in [6.07, 6.45) is 0.929. The number of aromatic nitrogens is 2. The molecule has 0 aliphatic carbocycles. The Morgan fingerprint density at radius 1 is 1.28 bits per heavy atom. The van der Waals surface area contributed by atoms with Crippen LogP contribution in [0.25, 0.3) is 11.4 Å². The number of nitrogens with zero attached hydrogens (tertiary/aromatic N) is 4. The predicted molar refractivity (Wildman–Crippen MR) is 109 cm³/mol. The maximum atomic E-state index is 13.8. The minimum Gasteiger partial charge on any atom is -0.353 e. The van der Waals surface area contributed by atoms with Gasteiger partial charge in [-0.3, -0.25) is 14.6 Å². The van der Waals surface area contributed by atoms with Crippen molar-refractivity contribution in [3.63, 3.8) is 0 Å². The average molecular weight is 404 g/mol. The number of hydrogen-bond donors (Lipinski definition) is 1. The van der Waals surface area contributed by atoms with E-state index in [1.807, 2.05) is 13.8 Å². The predicted octanol–water partition coefficient (Wildman–Crippen LogP) is 2.78. The molecule has 1 N–H and O–H groups in total. The molecule has 1 saturated heterocycles. The Morgan fingerprint density at radius 3 is 2.66 bits per heavy atom. The largest absolute Gasteiger partial charge is 0.353 e. The third-order valence-corrected chi connectivity index (χ3v) is 5.57. The number of amides is 1. The van der Waals surface area contributed by atoms with Crippen molar-refractivity contribution in [1.82, 2.24) is 25.3 Å². The van der Waals surface area contributed by atoms with E-state index in [0.717, 1.165) is 32.6 Å². The fourth-order valence-corrected chi connectivity index (χ4v) is 3.34. The smallest absolute Gasteiger partial charge is 0.244 e. The van der Waals surface area contributed by atoms with E-state index in [4.69, 9.17) is 4.52 Å². The molecule has 8 heteroatoms. The number of benzene rings is 1. The van der Waals surface area contributed by atoms with Gasteiger partial charge in [0.1, 0.15) is 5.82 Å². The molecule has 1 aromatic heterocycles. The second kappa shape index (κ2) is 9.45. The van der Waals surface area contributed by atoms with Gasteiger partial charge in [0.25, 0.3) is 0 Å². The number of aryl methyl sites for hydroxylation is 1. The van der Waals surface area contributed by atoms with Crippen LogP contribution in [0.2, 0.25) is 0 Å². The molecule has 0 bridgehead atoms. The van der Waals surface area contributed by atoms with E-state index in [9.17, 15) is 9.18 Å². The van der Waals surface area contributed by atoms with Crippen molar-refractivity contribution < 1.29 is 13.7 Å². The third kappa shape index (κ3) is 5.39. The van der Waals surface area contributed by atoms with E-state index in [1.165, 1.54) is 6.07 Å². The zero-order chi connectivity index (χ0) is 21.0. The molecule has 7 nitrogen and oxygen atoms in total. The fraction of sp³-hybridized carbons (Fsp3) is 0.571. The first-order chi connectivity index (χ1) is 13.9. The molecule has 2 aromatic rings. The molecular formula is C21H30FN5O2. The zero-order valence-electron chi connectivity index (χ0n) is 17.6. The quantitative estimate of drug-likeness (QED) is 0.766. The summed E-state index contributed by atoms with van der Waals surface area (Å²) in [4.78, 5) is 21.0.